The van der Waals surface area contributed by atoms with Gasteiger partial charge in [0.1, 0.15) is 11.6 Å². The number of nitrogens with one attached hydrogen (secondary N) is 1. The van der Waals surface area contributed by atoms with Crippen molar-refractivity contribution in [2.45, 2.75) is 31.8 Å². The molecule has 1 amide bonds. The van der Waals surface area contributed by atoms with Gasteiger partial charge in [-0.05, 0) is 37.2 Å². The number of rotatable bonds is 3. The molecule has 108 valence electrons. The van der Waals surface area contributed by atoms with Gasteiger partial charge in [0, 0.05) is 24.2 Å². The van der Waals surface area contributed by atoms with Gasteiger partial charge in [0.25, 0.3) is 0 Å². The minimum absolute atomic E-state index is 0.0750. The van der Waals surface area contributed by atoms with Gasteiger partial charge in [-0.3, -0.25) is 4.79 Å². The van der Waals surface area contributed by atoms with Crippen LogP contribution in [0.25, 0.3) is 0 Å². The predicted molar refractivity (Wildman–Crippen MR) is 70.5 cm³/mol. The van der Waals surface area contributed by atoms with Gasteiger partial charge in [-0.1, -0.05) is 6.07 Å². The molecule has 1 aromatic carbocycles. The number of amides is 1. The highest BCUT2D eigenvalue weighted by atomic mass is 19.1. The fourth-order valence-corrected chi connectivity index (χ4v) is 3.69. The second-order valence-electron chi connectivity index (χ2n) is 5.89. The van der Waals surface area contributed by atoms with E-state index in [2.05, 4.69) is 5.32 Å². The van der Waals surface area contributed by atoms with E-state index in [4.69, 9.17) is 5.73 Å². The van der Waals surface area contributed by atoms with Gasteiger partial charge in [0.15, 0.2) is 0 Å². The smallest absolute Gasteiger partial charge is 0.225 e. The van der Waals surface area contributed by atoms with E-state index in [1.165, 1.54) is 12.1 Å². The summed E-state index contributed by atoms with van der Waals surface area (Å²) in [5.74, 6) is -0.688. The van der Waals surface area contributed by atoms with Gasteiger partial charge in [-0.15, -0.1) is 0 Å². The Balaban J connectivity index is 1.62. The molecular formula is C15H18F2N2O. The molecule has 3 N–H and O–H groups in total. The van der Waals surface area contributed by atoms with Gasteiger partial charge in [-0.25, -0.2) is 8.78 Å². The Labute approximate surface area is 116 Å². The molecule has 1 aromatic rings. The third kappa shape index (κ3) is 2.30. The SMILES string of the molecule is NC1C2CCC(C2)C1C(=O)NCc1ccc(F)cc1F. The summed E-state index contributed by atoms with van der Waals surface area (Å²) < 4.78 is 26.3. The molecule has 2 aliphatic carbocycles. The predicted octanol–water partition coefficient (Wildman–Crippen LogP) is 1.95. The van der Waals surface area contributed by atoms with Crippen molar-refractivity contribution in [2.75, 3.05) is 0 Å². The van der Waals surface area contributed by atoms with E-state index in [0.717, 1.165) is 25.3 Å². The van der Waals surface area contributed by atoms with Gasteiger partial charge in [0.2, 0.25) is 5.91 Å². The molecule has 4 unspecified atom stereocenters. The van der Waals surface area contributed by atoms with Gasteiger partial charge < -0.3 is 11.1 Å². The monoisotopic (exact) mass is 280 g/mol. The molecule has 3 nitrogen and oxygen atoms in total. The fraction of sp³-hybridized carbons (Fsp3) is 0.533. The van der Waals surface area contributed by atoms with Crippen molar-refractivity contribution in [3.8, 4) is 0 Å². The zero-order chi connectivity index (χ0) is 14.3. The number of halogens is 2. The Morgan fingerprint density at radius 3 is 2.70 bits per heavy atom. The lowest BCUT2D eigenvalue weighted by molar-refractivity contribution is -0.127. The van der Waals surface area contributed by atoms with Crippen LogP contribution in [0.1, 0.15) is 24.8 Å². The van der Waals surface area contributed by atoms with Crippen LogP contribution in [-0.2, 0) is 11.3 Å². The number of carbonyl (C=O) groups excluding carboxylic acids is 1. The van der Waals surface area contributed by atoms with Crippen molar-refractivity contribution < 1.29 is 13.6 Å². The van der Waals surface area contributed by atoms with Crippen LogP contribution in [0.3, 0.4) is 0 Å². The van der Waals surface area contributed by atoms with E-state index in [0.29, 0.717) is 11.8 Å². The van der Waals surface area contributed by atoms with E-state index >= 15 is 0 Å². The number of fused-ring (bicyclic) bond motifs is 2. The molecule has 2 aliphatic rings. The summed E-state index contributed by atoms with van der Waals surface area (Å²) in [6.07, 6.45) is 3.20. The topological polar surface area (TPSA) is 55.1 Å². The lowest BCUT2D eigenvalue weighted by Crippen LogP contribution is -2.45. The first-order chi connectivity index (χ1) is 9.56. The average Bonchev–Trinajstić information content (AvgIpc) is 2.98. The zero-order valence-corrected chi connectivity index (χ0v) is 11.1. The molecule has 2 fully saturated rings. The Bertz CT molecular complexity index is 533. The maximum Gasteiger partial charge on any atom is 0.225 e. The lowest BCUT2D eigenvalue weighted by Gasteiger charge is -2.27. The van der Waals surface area contributed by atoms with Crippen LogP contribution in [0, 0.1) is 29.4 Å². The van der Waals surface area contributed by atoms with Crippen LogP contribution in [0.5, 0.6) is 0 Å². The van der Waals surface area contributed by atoms with Crippen LogP contribution in [0.2, 0.25) is 0 Å². The summed E-state index contributed by atoms with van der Waals surface area (Å²) in [6.45, 7) is 0.0750. The first-order valence-electron chi connectivity index (χ1n) is 7.03. The summed E-state index contributed by atoms with van der Waals surface area (Å²) in [7, 11) is 0. The summed E-state index contributed by atoms with van der Waals surface area (Å²) in [4.78, 5) is 12.2. The maximum atomic E-state index is 13.5. The van der Waals surface area contributed by atoms with E-state index in [1.54, 1.807) is 0 Å². The van der Waals surface area contributed by atoms with Crippen molar-refractivity contribution in [3.05, 3.63) is 35.4 Å². The maximum absolute atomic E-state index is 13.5. The Kier molecular flexibility index (Phi) is 3.46. The summed E-state index contributed by atoms with van der Waals surface area (Å²) in [5.41, 5.74) is 6.39. The van der Waals surface area contributed by atoms with Crippen molar-refractivity contribution >= 4 is 5.91 Å². The first-order valence-corrected chi connectivity index (χ1v) is 7.03. The lowest BCUT2D eigenvalue weighted by atomic mass is 9.84. The van der Waals surface area contributed by atoms with Crippen LogP contribution in [0.15, 0.2) is 18.2 Å². The van der Waals surface area contributed by atoms with E-state index in [9.17, 15) is 13.6 Å². The van der Waals surface area contributed by atoms with Crippen LogP contribution in [-0.4, -0.2) is 11.9 Å². The molecule has 2 bridgehead atoms. The zero-order valence-electron chi connectivity index (χ0n) is 11.1. The third-order valence-corrected chi connectivity index (χ3v) is 4.75. The molecule has 3 rings (SSSR count). The molecule has 20 heavy (non-hydrogen) atoms. The molecule has 0 aromatic heterocycles. The van der Waals surface area contributed by atoms with Crippen molar-refractivity contribution in [3.63, 3.8) is 0 Å². The van der Waals surface area contributed by atoms with E-state index in [-0.39, 0.29) is 30.0 Å². The fourth-order valence-electron chi connectivity index (χ4n) is 3.69. The highest BCUT2D eigenvalue weighted by molar-refractivity contribution is 5.80. The minimum atomic E-state index is -0.637. The highest BCUT2D eigenvalue weighted by Crippen LogP contribution is 2.47. The van der Waals surface area contributed by atoms with Crippen LogP contribution < -0.4 is 11.1 Å². The molecular weight excluding hydrogens is 262 g/mol. The van der Waals surface area contributed by atoms with Crippen molar-refractivity contribution in [2.24, 2.45) is 23.5 Å². The summed E-state index contributed by atoms with van der Waals surface area (Å²) in [5, 5.41) is 2.74. The average molecular weight is 280 g/mol. The molecule has 5 heteroatoms. The molecule has 0 saturated heterocycles. The molecule has 4 atom stereocenters. The van der Waals surface area contributed by atoms with E-state index in [1.807, 2.05) is 0 Å². The van der Waals surface area contributed by atoms with Crippen molar-refractivity contribution in [1.82, 2.24) is 5.32 Å². The number of hydrogen-bond acceptors (Lipinski definition) is 2. The van der Waals surface area contributed by atoms with E-state index < -0.39 is 11.6 Å². The number of hydrogen-bond donors (Lipinski definition) is 2. The largest absolute Gasteiger partial charge is 0.352 e. The Morgan fingerprint density at radius 2 is 2.05 bits per heavy atom. The molecule has 0 heterocycles. The van der Waals surface area contributed by atoms with Crippen LogP contribution in [0.4, 0.5) is 8.78 Å². The normalized spacial score (nSPS) is 31.6. The third-order valence-electron chi connectivity index (χ3n) is 4.75. The van der Waals surface area contributed by atoms with Crippen LogP contribution >= 0.6 is 0 Å². The standard InChI is InChI=1S/C15H18F2N2O/c16-11-4-3-10(12(17)6-11)7-19-15(20)13-8-1-2-9(5-8)14(13)18/h3-4,6,8-9,13-14H,1-2,5,7,18H2,(H,19,20). The molecule has 2 saturated carbocycles. The number of carbonyl (C=O) groups is 1. The van der Waals surface area contributed by atoms with Gasteiger partial charge >= 0.3 is 0 Å². The van der Waals surface area contributed by atoms with Gasteiger partial charge in [0.05, 0.1) is 5.92 Å². The van der Waals surface area contributed by atoms with Crippen molar-refractivity contribution in [1.29, 1.82) is 0 Å². The quantitative estimate of drug-likeness (QED) is 0.889. The second-order valence-corrected chi connectivity index (χ2v) is 5.89. The number of nitrogens with two attached hydrogens (primary N) is 1. The molecule has 0 radical (unpaired) electrons. The Morgan fingerprint density at radius 1 is 1.30 bits per heavy atom. The van der Waals surface area contributed by atoms with Gasteiger partial charge in [-0.2, -0.15) is 0 Å². The summed E-state index contributed by atoms with van der Waals surface area (Å²) >= 11 is 0. The highest BCUT2D eigenvalue weighted by Gasteiger charge is 2.48. The second kappa shape index (κ2) is 5.13. The number of benzene rings is 1. The minimum Gasteiger partial charge on any atom is -0.352 e. The molecule has 0 spiro atoms. The Hall–Kier alpha value is -1.49. The summed E-state index contributed by atoms with van der Waals surface area (Å²) in [6, 6.07) is 3.29. The molecule has 0 aliphatic heterocycles. The first kappa shape index (κ1) is 13.5.